The third-order valence-corrected chi connectivity index (χ3v) is 5.27. The first-order valence-electron chi connectivity index (χ1n) is 9.09. The van der Waals surface area contributed by atoms with E-state index in [0.717, 1.165) is 44.3 Å². The molecule has 1 fully saturated rings. The van der Waals surface area contributed by atoms with Gasteiger partial charge < -0.3 is 20.1 Å². The van der Waals surface area contributed by atoms with Crippen LogP contribution in [0, 0.1) is 5.82 Å². The minimum atomic E-state index is -0.410. The van der Waals surface area contributed by atoms with Gasteiger partial charge in [-0.1, -0.05) is 6.07 Å². The van der Waals surface area contributed by atoms with Crippen molar-refractivity contribution in [3.05, 3.63) is 35.1 Å². The van der Waals surface area contributed by atoms with E-state index in [-0.39, 0.29) is 11.9 Å². The monoisotopic (exact) mass is 336 g/mol. The van der Waals surface area contributed by atoms with E-state index < -0.39 is 6.10 Å². The predicted octanol–water partition coefficient (Wildman–Crippen LogP) is 2.26. The zero-order valence-electron chi connectivity index (χ0n) is 14.5. The highest BCUT2D eigenvalue weighted by Gasteiger charge is 2.26. The van der Waals surface area contributed by atoms with Gasteiger partial charge in [0.15, 0.2) is 0 Å². The molecule has 2 unspecified atom stereocenters. The summed E-state index contributed by atoms with van der Waals surface area (Å²) < 4.78 is 18.6. The van der Waals surface area contributed by atoms with E-state index in [1.54, 1.807) is 19.2 Å². The van der Waals surface area contributed by atoms with Gasteiger partial charge in [-0.2, -0.15) is 0 Å². The molecule has 1 aromatic carbocycles. The largest absolute Gasteiger partial charge is 0.389 e. The number of aliphatic hydroxyl groups is 1. The lowest BCUT2D eigenvalue weighted by Gasteiger charge is -2.36. The summed E-state index contributed by atoms with van der Waals surface area (Å²) in [6, 6.07) is 5.98. The Morgan fingerprint density at radius 3 is 2.88 bits per heavy atom. The molecule has 0 spiro atoms. The predicted molar refractivity (Wildman–Crippen MR) is 92.6 cm³/mol. The lowest BCUT2D eigenvalue weighted by Crippen LogP contribution is -2.46. The molecule has 1 aliphatic carbocycles. The molecule has 24 heavy (non-hydrogen) atoms. The van der Waals surface area contributed by atoms with Crippen molar-refractivity contribution in [3.63, 3.8) is 0 Å². The van der Waals surface area contributed by atoms with E-state index in [0.29, 0.717) is 19.2 Å². The second kappa shape index (κ2) is 8.39. The van der Waals surface area contributed by atoms with Crippen LogP contribution in [0.3, 0.4) is 0 Å². The van der Waals surface area contributed by atoms with Gasteiger partial charge in [0.1, 0.15) is 5.82 Å². The van der Waals surface area contributed by atoms with Crippen molar-refractivity contribution in [1.82, 2.24) is 10.2 Å². The summed E-state index contributed by atoms with van der Waals surface area (Å²) in [5, 5.41) is 13.6. The highest BCUT2D eigenvalue weighted by atomic mass is 19.1. The molecular weight excluding hydrogens is 307 g/mol. The molecule has 0 aromatic heterocycles. The number of β-amino-alcohol motifs (C(OH)–C–C–N with tert-alkyl or cyclic N) is 1. The van der Waals surface area contributed by atoms with Crippen molar-refractivity contribution >= 4 is 0 Å². The van der Waals surface area contributed by atoms with Gasteiger partial charge >= 0.3 is 0 Å². The summed E-state index contributed by atoms with van der Waals surface area (Å²) >= 11 is 0. The Labute approximate surface area is 144 Å². The fraction of sp³-hybridized carbons (Fsp3) is 0.684. The third kappa shape index (κ3) is 4.54. The Kier molecular flexibility index (Phi) is 6.22. The number of likely N-dealkylation sites (tertiary alicyclic amines) is 1. The number of piperidine rings is 1. The number of nitrogens with one attached hydrogen (secondary N) is 1. The number of methoxy groups -OCH3 is 1. The molecule has 3 rings (SSSR count). The standard InChI is InChI=1S/C19H29FN2O2/c1-24-13-17(23)12-22-9-7-16(8-10-22)21-19-4-2-3-14-5-6-15(20)11-18(14)19/h5-6,11,16-17,19,21,23H,2-4,7-10,12-13H2,1H3. The molecule has 0 saturated carbocycles. The Hall–Kier alpha value is -1.01. The third-order valence-electron chi connectivity index (χ3n) is 5.27. The number of hydrogen-bond donors (Lipinski definition) is 2. The quantitative estimate of drug-likeness (QED) is 0.836. The minimum Gasteiger partial charge on any atom is -0.389 e. The minimum absolute atomic E-state index is 0.135. The molecule has 5 heteroatoms. The Balaban J connectivity index is 1.51. The first-order valence-corrected chi connectivity index (χ1v) is 9.09. The molecule has 1 aliphatic heterocycles. The van der Waals surface area contributed by atoms with Gasteiger partial charge in [0.25, 0.3) is 0 Å². The number of hydrogen-bond acceptors (Lipinski definition) is 4. The van der Waals surface area contributed by atoms with E-state index in [1.165, 1.54) is 12.0 Å². The average Bonchev–Trinajstić information content (AvgIpc) is 2.57. The molecule has 134 valence electrons. The number of aryl methyl sites for hydroxylation is 1. The SMILES string of the molecule is COCC(O)CN1CCC(NC2CCCc3ccc(F)cc32)CC1. The molecule has 4 nitrogen and oxygen atoms in total. The Bertz CT molecular complexity index is 532. The van der Waals surface area contributed by atoms with Crippen LogP contribution in [0.2, 0.25) is 0 Å². The number of aliphatic hydroxyl groups excluding tert-OH is 1. The summed E-state index contributed by atoms with van der Waals surface area (Å²) in [6.07, 6.45) is 5.04. The average molecular weight is 336 g/mol. The molecule has 1 aromatic rings. The van der Waals surface area contributed by atoms with E-state index in [1.807, 2.05) is 6.07 Å². The molecular formula is C19H29FN2O2. The molecule has 0 bridgehead atoms. The van der Waals surface area contributed by atoms with Gasteiger partial charge in [0.05, 0.1) is 12.7 Å². The van der Waals surface area contributed by atoms with Gasteiger partial charge in [-0.05, 0) is 68.5 Å². The number of nitrogens with zero attached hydrogens (tertiary/aromatic N) is 1. The van der Waals surface area contributed by atoms with Gasteiger partial charge in [0, 0.05) is 25.7 Å². The molecule has 2 N–H and O–H groups in total. The van der Waals surface area contributed by atoms with Gasteiger partial charge in [-0.15, -0.1) is 0 Å². The van der Waals surface area contributed by atoms with Crippen LogP contribution in [0.15, 0.2) is 18.2 Å². The van der Waals surface area contributed by atoms with Crippen LogP contribution in [0.5, 0.6) is 0 Å². The number of fused-ring (bicyclic) bond motifs is 1. The van der Waals surface area contributed by atoms with Gasteiger partial charge in [-0.25, -0.2) is 4.39 Å². The smallest absolute Gasteiger partial charge is 0.123 e. The van der Waals surface area contributed by atoms with Crippen LogP contribution in [0.1, 0.15) is 42.9 Å². The van der Waals surface area contributed by atoms with E-state index in [9.17, 15) is 9.50 Å². The van der Waals surface area contributed by atoms with Crippen molar-refractivity contribution in [2.75, 3.05) is 33.4 Å². The van der Waals surface area contributed by atoms with Crippen molar-refractivity contribution in [2.45, 2.75) is 50.3 Å². The van der Waals surface area contributed by atoms with Crippen molar-refractivity contribution < 1.29 is 14.2 Å². The summed E-state index contributed by atoms with van der Waals surface area (Å²) in [7, 11) is 1.62. The number of benzene rings is 1. The van der Waals surface area contributed by atoms with E-state index >= 15 is 0 Å². The molecule has 2 aliphatic rings. The summed E-state index contributed by atoms with van der Waals surface area (Å²) in [4.78, 5) is 2.30. The zero-order valence-corrected chi connectivity index (χ0v) is 14.5. The van der Waals surface area contributed by atoms with Gasteiger partial charge in [0.2, 0.25) is 0 Å². The molecule has 1 heterocycles. The lowest BCUT2D eigenvalue weighted by molar-refractivity contribution is 0.0306. The summed E-state index contributed by atoms with van der Waals surface area (Å²) in [5.74, 6) is -0.135. The van der Waals surface area contributed by atoms with Crippen LogP contribution in [-0.4, -0.2) is 55.5 Å². The summed E-state index contributed by atoms with van der Waals surface area (Å²) in [5.41, 5.74) is 2.44. The Morgan fingerprint density at radius 2 is 2.12 bits per heavy atom. The zero-order chi connectivity index (χ0) is 16.9. The first-order chi connectivity index (χ1) is 11.7. The second-order valence-electron chi connectivity index (χ2n) is 7.14. The normalized spacial score (nSPS) is 23.9. The van der Waals surface area contributed by atoms with E-state index in [4.69, 9.17) is 4.74 Å². The molecule has 0 radical (unpaired) electrons. The van der Waals surface area contributed by atoms with Crippen molar-refractivity contribution in [3.8, 4) is 0 Å². The van der Waals surface area contributed by atoms with Crippen LogP contribution in [0.4, 0.5) is 4.39 Å². The fourth-order valence-electron chi connectivity index (χ4n) is 4.05. The fourth-order valence-corrected chi connectivity index (χ4v) is 4.05. The maximum atomic E-state index is 13.6. The molecule has 0 amide bonds. The number of halogens is 1. The van der Waals surface area contributed by atoms with E-state index in [2.05, 4.69) is 10.2 Å². The van der Waals surface area contributed by atoms with Crippen LogP contribution in [0.25, 0.3) is 0 Å². The van der Waals surface area contributed by atoms with Gasteiger partial charge in [-0.3, -0.25) is 0 Å². The molecule has 2 atom stereocenters. The highest BCUT2D eigenvalue weighted by Crippen LogP contribution is 2.31. The highest BCUT2D eigenvalue weighted by molar-refractivity contribution is 5.33. The van der Waals surface area contributed by atoms with Crippen LogP contribution >= 0.6 is 0 Å². The maximum Gasteiger partial charge on any atom is 0.123 e. The number of rotatable bonds is 6. The number of ether oxygens (including phenoxy) is 1. The lowest BCUT2D eigenvalue weighted by atomic mass is 9.86. The van der Waals surface area contributed by atoms with Crippen molar-refractivity contribution in [1.29, 1.82) is 0 Å². The maximum absolute atomic E-state index is 13.6. The Morgan fingerprint density at radius 1 is 1.33 bits per heavy atom. The van der Waals surface area contributed by atoms with Crippen molar-refractivity contribution in [2.24, 2.45) is 0 Å². The topological polar surface area (TPSA) is 44.7 Å². The van der Waals surface area contributed by atoms with Crippen LogP contribution in [-0.2, 0) is 11.2 Å². The van der Waals surface area contributed by atoms with Crippen LogP contribution < -0.4 is 5.32 Å². The summed E-state index contributed by atoms with van der Waals surface area (Å²) in [6.45, 7) is 3.04. The second-order valence-corrected chi connectivity index (χ2v) is 7.14. The molecule has 1 saturated heterocycles. The first kappa shape index (κ1) is 17.8.